The maximum atomic E-state index is 9.62. The zero-order chi connectivity index (χ0) is 14.7. The van der Waals surface area contributed by atoms with Crippen molar-refractivity contribution in [1.29, 1.82) is 0 Å². The molecule has 0 unspecified atom stereocenters. The molecule has 22 heavy (non-hydrogen) atoms. The molecular weight excluding hydrogens is 270 g/mol. The third kappa shape index (κ3) is 2.11. The highest BCUT2D eigenvalue weighted by molar-refractivity contribution is 5.65. The molecule has 4 saturated carbocycles. The number of phenols is 1. The van der Waals surface area contributed by atoms with Crippen LogP contribution in [0, 0.1) is 17.8 Å². The summed E-state index contributed by atoms with van der Waals surface area (Å²) in [6.45, 7) is 1.03. The number of fused-ring (bicyclic) bond motifs is 1. The monoisotopic (exact) mass is 295 g/mol. The smallest absolute Gasteiger partial charge is 0.116 e. The minimum absolute atomic E-state index is 0.380. The molecule has 0 aromatic heterocycles. The molecule has 2 nitrogen and oxygen atoms in total. The second-order valence-corrected chi connectivity index (χ2v) is 8.41. The van der Waals surface area contributed by atoms with Crippen LogP contribution in [0.2, 0.25) is 0 Å². The molecular formula is C20H25NO. The second-order valence-electron chi connectivity index (χ2n) is 8.41. The molecule has 0 aliphatic heterocycles. The van der Waals surface area contributed by atoms with E-state index in [1.54, 1.807) is 0 Å². The zero-order valence-electron chi connectivity index (χ0n) is 13.1. The van der Waals surface area contributed by atoms with Gasteiger partial charge in [-0.05, 0) is 86.0 Å². The molecule has 2 heteroatoms. The summed E-state index contributed by atoms with van der Waals surface area (Å²) in [6.07, 6.45) is 12.1. The van der Waals surface area contributed by atoms with Gasteiger partial charge in [0.2, 0.25) is 0 Å². The van der Waals surface area contributed by atoms with Crippen LogP contribution >= 0.6 is 0 Å². The molecule has 0 saturated heterocycles. The molecule has 1 aromatic carbocycles. The van der Waals surface area contributed by atoms with Crippen molar-refractivity contribution in [3.8, 4) is 5.75 Å². The molecule has 116 valence electrons. The van der Waals surface area contributed by atoms with Crippen molar-refractivity contribution >= 4 is 6.08 Å². The summed E-state index contributed by atoms with van der Waals surface area (Å²) in [5.41, 5.74) is 4.51. The molecule has 4 fully saturated rings. The Labute approximate surface area is 132 Å². The summed E-state index contributed by atoms with van der Waals surface area (Å²) in [7, 11) is 0. The van der Waals surface area contributed by atoms with Gasteiger partial charge in [0.05, 0.1) is 0 Å². The average Bonchev–Trinajstić information content (AvgIpc) is 2.86. The SMILES string of the molecule is Oc1ccc2c(c1)C=C(CNC13CC4CC(CC(C4)C1)C3)C2. The van der Waals surface area contributed by atoms with Crippen LogP contribution in [0.3, 0.4) is 0 Å². The van der Waals surface area contributed by atoms with E-state index in [2.05, 4.69) is 17.5 Å². The quantitative estimate of drug-likeness (QED) is 0.886. The highest BCUT2D eigenvalue weighted by Gasteiger charge is 2.50. The van der Waals surface area contributed by atoms with Crippen molar-refractivity contribution in [3.63, 3.8) is 0 Å². The lowest BCUT2D eigenvalue weighted by Gasteiger charge is -2.57. The van der Waals surface area contributed by atoms with Crippen molar-refractivity contribution in [2.75, 3.05) is 6.54 Å². The van der Waals surface area contributed by atoms with Gasteiger partial charge in [-0.3, -0.25) is 0 Å². The van der Waals surface area contributed by atoms with Crippen molar-refractivity contribution in [2.45, 2.75) is 50.5 Å². The van der Waals surface area contributed by atoms with Gasteiger partial charge in [-0.15, -0.1) is 0 Å². The van der Waals surface area contributed by atoms with Gasteiger partial charge in [0, 0.05) is 12.1 Å². The van der Waals surface area contributed by atoms with Gasteiger partial charge in [-0.2, -0.15) is 0 Å². The van der Waals surface area contributed by atoms with Gasteiger partial charge >= 0.3 is 0 Å². The van der Waals surface area contributed by atoms with Crippen molar-refractivity contribution in [1.82, 2.24) is 5.32 Å². The highest BCUT2D eigenvalue weighted by Crippen LogP contribution is 2.55. The van der Waals surface area contributed by atoms with Crippen LogP contribution in [-0.2, 0) is 6.42 Å². The lowest BCUT2D eigenvalue weighted by molar-refractivity contribution is -0.0182. The van der Waals surface area contributed by atoms with Gasteiger partial charge in [-0.1, -0.05) is 17.7 Å². The maximum absolute atomic E-state index is 9.62. The standard InChI is InChI=1S/C20H25NO/c22-19-2-1-17-6-16(7-18(17)8-19)12-21-20-9-13-3-14(10-20)5-15(4-13)11-20/h1-2,7-8,13-15,21-22H,3-6,9-12H2. The van der Waals surface area contributed by atoms with Crippen LogP contribution in [0.25, 0.3) is 6.08 Å². The van der Waals surface area contributed by atoms with Crippen LogP contribution in [0.15, 0.2) is 23.8 Å². The van der Waals surface area contributed by atoms with E-state index in [1.807, 2.05) is 12.1 Å². The predicted molar refractivity (Wildman–Crippen MR) is 88.7 cm³/mol. The number of phenolic OH excluding ortho intramolecular Hbond substituents is 1. The predicted octanol–water partition coefficient (Wildman–Crippen LogP) is 3.89. The minimum Gasteiger partial charge on any atom is -0.508 e. The number of aromatic hydroxyl groups is 1. The Hall–Kier alpha value is -1.28. The van der Waals surface area contributed by atoms with Gasteiger partial charge in [0.15, 0.2) is 0 Å². The fraction of sp³-hybridized carbons (Fsp3) is 0.600. The molecule has 0 spiro atoms. The van der Waals surface area contributed by atoms with Gasteiger partial charge in [0.1, 0.15) is 5.75 Å². The van der Waals surface area contributed by atoms with E-state index >= 15 is 0 Å². The molecule has 0 amide bonds. The largest absolute Gasteiger partial charge is 0.508 e. The normalized spacial score (nSPS) is 38.2. The Kier molecular flexibility index (Phi) is 2.76. The topological polar surface area (TPSA) is 32.3 Å². The first-order valence-corrected chi connectivity index (χ1v) is 8.94. The van der Waals surface area contributed by atoms with Crippen LogP contribution in [0.5, 0.6) is 5.75 Å². The summed E-state index contributed by atoms with van der Waals surface area (Å²) in [4.78, 5) is 0. The second kappa shape index (κ2) is 4.61. The summed E-state index contributed by atoms with van der Waals surface area (Å²) in [5.74, 6) is 3.40. The Morgan fingerprint density at radius 3 is 2.41 bits per heavy atom. The van der Waals surface area contributed by atoms with Gasteiger partial charge < -0.3 is 10.4 Å². The number of hydrogen-bond acceptors (Lipinski definition) is 2. The molecule has 0 heterocycles. The molecule has 6 rings (SSSR count). The average molecular weight is 295 g/mol. The summed E-state index contributed by atoms with van der Waals surface area (Å²) < 4.78 is 0. The van der Waals surface area contributed by atoms with Crippen molar-refractivity contribution in [2.24, 2.45) is 17.8 Å². The molecule has 5 aliphatic carbocycles. The van der Waals surface area contributed by atoms with E-state index in [1.165, 1.54) is 55.2 Å². The molecule has 4 bridgehead atoms. The van der Waals surface area contributed by atoms with E-state index < -0.39 is 0 Å². The molecule has 2 N–H and O–H groups in total. The van der Waals surface area contributed by atoms with Gasteiger partial charge in [-0.25, -0.2) is 0 Å². The maximum Gasteiger partial charge on any atom is 0.116 e. The fourth-order valence-electron chi connectivity index (χ4n) is 6.13. The van der Waals surface area contributed by atoms with Crippen LogP contribution in [-0.4, -0.2) is 17.2 Å². The molecule has 5 aliphatic rings. The Bertz CT molecular complexity index is 610. The first-order valence-electron chi connectivity index (χ1n) is 8.94. The highest BCUT2D eigenvalue weighted by atomic mass is 16.3. The molecule has 1 aromatic rings. The minimum atomic E-state index is 0.380. The lowest BCUT2D eigenvalue weighted by Crippen LogP contribution is -2.58. The van der Waals surface area contributed by atoms with Crippen molar-refractivity contribution in [3.05, 3.63) is 34.9 Å². The van der Waals surface area contributed by atoms with E-state index in [4.69, 9.17) is 0 Å². The fourth-order valence-corrected chi connectivity index (χ4v) is 6.13. The molecule has 0 atom stereocenters. The van der Waals surface area contributed by atoms with E-state index in [0.717, 1.165) is 30.7 Å². The summed E-state index contributed by atoms with van der Waals surface area (Å²) in [6, 6.07) is 5.77. The lowest BCUT2D eigenvalue weighted by atomic mass is 9.53. The van der Waals surface area contributed by atoms with Gasteiger partial charge in [0.25, 0.3) is 0 Å². The first kappa shape index (κ1) is 13.2. The summed E-state index contributed by atoms with van der Waals surface area (Å²) in [5, 5.41) is 13.6. The number of benzene rings is 1. The zero-order valence-corrected chi connectivity index (χ0v) is 13.1. The third-order valence-corrected chi connectivity index (χ3v) is 6.64. The summed E-state index contributed by atoms with van der Waals surface area (Å²) >= 11 is 0. The van der Waals surface area contributed by atoms with E-state index in [-0.39, 0.29) is 0 Å². The third-order valence-electron chi connectivity index (χ3n) is 6.64. The Morgan fingerprint density at radius 2 is 1.73 bits per heavy atom. The number of nitrogens with one attached hydrogen (secondary N) is 1. The van der Waals surface area contributed by atoms with E-state index in [9.17, 15) is 5.11 Å². The van der Waals surface area contributed by atoms with Crippen molar-refractivity contribution < 1.29 is 5.11 Å². The first-order chi connectivity index (χ1) is 10.7. The molecule has 0 radical (unpaired) electrons. The Balaban J connectivity index is 1.30. The van der Waals surface area contributed by atoms with Crippen LogP contribution in [0.1, 0.15) is 49.7 Å². The van der Waals surface area contributed by atoms with E-state index in [0.29, 0.717) is 11.3 Å². The van der Waals surface area contributed by atoms with Crippen LogP contribution < -0.4 is 5.32 Å². The Morgan fingerprint density at radius 1 is 1.05 bits per heavy atom. The number of hydrogen-bond donors (Lipinski definition) is 2. The number of rotatable bonds is 3. The van der Waals surface area contributed by atoms with Crippen LogP contribution in [0.4, 0.5) is 0 Å².